The van der Waals surface area contributed by atoms with Crippen molar-refractivity contribution in [2.45, 2.75) is 19.6 Å². The fourth-order valence-electron chi connectivity index (χ4n) is 2.71. The van der Waals surface area contributed by atoms with Crippen LogP contribution in [0.5, 0.6) is 0 Å². The molecular weight excluding hydrogens is 212 g/mol. The van der Waals surface area contributed by atoms with E-state index < -0.39 is 0 Å². The Kier molecular flexibility index (Phi) is 2.46. The summed E-state index contributed by atoms with van der Waals surface area (Å²) in [6.45, 7) is 0.0880. The van der Waals surface area contributed by atoms with Crippen molar-refractivity contribution < 1.29 is 10.2 Å². The average Bonchev–Trinajstić information content (AvgIpc) is 2.76. The highest BCUT2D eigenvalue weighted by atomic mass is 16.3. The van der Waals surface area contributed by atoms with Crippen LogP contribution in [0.2, 0.25) is 0 Å². The molecule has 2 heteroatoms. The SMILES string of the molecule is OCc1cccc2c1-c1c(CO)cccc1C2. The van der Waals surface area contributed by atoms with Crippen LogP contribution in [0.15, 0.2) is 36.4 Å². The van der Waals surface area contributed by atoms with Gasteiger partial charge >= 0.3 is 0 Å². The van der Waals surface area contributed by atoms with Gasteiger partial charge in [0.2, 0.25) is 0 Å². The van der Waals surface area contributed by atoms with Crippen molar-refractivity contribution in [3.63, 3.8) is 0 Å². The van der Waals surface area contributed by atoms with E-state index >= 15 is 0 Å². The summed E-state index contributed by atoms with van der Waals surface area (Å²) < 4.78 is 0. The molecular formula is C15H14O2. The number of benzene rings is 2. The monoisotopic (exact) mass is 226 g/mol. The van der Waals surface area contributed by atoms with Crippen molar-refractivity contribution in [1.82, 2.24) is 0 Å². The fraction of sp³-hybridized carbons (Fsp3) is 0.200. The molecule has 0 saturated heterocycles. The highest BCUT2D eigenvalue weighted by molar-refractivity contribution is 5.81. The molecule has 0 radical (unpaired) electrons. The number of hydrogen-bond acceptors (Lipinski definition) is 2. The van der Waals surface area contributed by atoms with Crippen LogP contribution < -0.4 is 0 Å². The van der Waals surface area contributed by atoms with Crippen LogP contribution in [0.4, 0.5) is 0 Å². The Bertz CT molecular complexity index is 522. The minimum atomic E-state index is 0.0440. The predicted molar refractivity (Wildman–Crippen MR) is 66.5 cm³/mol. The third-order valence-electron chi connectivity index (χ3n) is 3.45. The van der Waals surface area contributed by atoms with E-state index in [0.717, 1.165) is 28.7 Å². The Morgan fingerprint density at radius 2 is 1.24 bits per heavy atom. The summed E-state index contributed by atoms with van der Waals surface area (Å²) in [5, 5.41) is 18.9. The zero-order valence-electron chi connectivity index (χ0n) is 9.48. The summed E-state index contributed by atoms with van der Waals surface area (Å²) in [6.07, 6.45) is 0.895. The Morgan fingerprint density at radius 3 is 1.65 bits per heavy atom. The smallest absolute Gasteiger partial charge is 0.0687 e. The maximum absolute atomic E-state index is 9.43. The molecule has 0 bridgehead atoms. The van der Waals surface area contributed by atoms with Gasteiger partial charge in [0, 0.05) is 0 Å². The first-order chi connectivity index (χ1) is 8.35. The third-order valence-corrected chi connectivity index (χ3v) is 3.45. The second-order valence-corrected chi connectivity index (χ2v) is 4.40. The first-order valence-corrected chi connectivity index (χ1v) is 5.78. The van der Waals surface area contributed by atoms with E-state index in [-0.39, 0.29) is 13.2 Å². The molecule has 2 aromatic rings. The molecule has 0 fully saturated rings. The normalized spacial score (nSPS) is 12.4. The Morgan fingerprint density at radius 1 is 0.765 bits per heavy atom. The van der Waals surface area contributed by atoms with E-state index in [1.165, 1.54) is 11.1 Å². The van der Waals surface area contributed by atoms with Gasteiger partial charge in [0.05, 0.1) is 13.2 Å². The van der Waals surface area contributed by atoms with Crippen molar-refractivity contribution in [1.29, 1.82) is 0 Å². The van der Waals surface area contributed by atoms with Gasteiger partial charge in [-0.3, -0.25) is 0 Å². The molecule has 0 unspecified atom stereocenters. The molecule has 0 saturated carbocycles. The van der Waals surface area contributed by atoms with Gasteiger partial charge < -0.3 is 10.2 Å². The maximum atomic E-state index is 9.43. The second kappa shape index (κ2) is 3.99. The average molecular weight is 226 g/mol. The summed E-state index contributed by atoms with van der Waals surface area (Å²) in [7, 11) is 0. The minimum Gasteiger partial charge on any atom is -0.392 e. The van der Waals surface area contributed by atoms with Crippen LogP contribution in [0, 0.1) is 0 Å². The Balaban J connectivity index is 2.31. The highest BCUT2D eigenvalue weighted by Crippen LogP contribution is 2.41. The first kappa shape index (κ1) is 10.5. The topological polar surface area (TPSA) is 40.5 Å². The number of rotatable bonds is 2. The highest BCUT2D eigenvalue weighted by Gasteiger charge is 2.22. The van der Waals surface area contributed by atoms with Gasteiger partial charge in [-0.25, -0.2) is 0 Å². The quantitative estimate of drug-likeness (QED) is 0.703. The van der Waals surface area contributed by atoms with E-state index in [4.69, 9.17) is 0 Å². The molecule has 2 aromatic carbocycles. The third kappa shape index (κ3) is 1.49. The lowest BCUT2D eigenvalue weighted by Crippen LogP contribution is -1.93. The lowest BCUT2D eigenvalue weighted by atomic mass is 9.96. The summed E-state index contributed by atoms with van der Waals surface area (Å²) in [5.74, 6) is 0. The predicted octanol–water partition coefficient (Wildman–Crippen LogP) is 2.24. The van der Waals surface area contributed by atoms with Crippen LogP contribution in [0.25, 0.3) is 11.1 Å². The van der Waals surface area contributed by atoms with E-state index in [2.05, 4.69) is 12.1 Å². The molecule has 0 amide bonds. The molecule has 0 aliphatic heterocycles. The van der Waals surface area contributed by atoms with Crippen LogP contribution in [-0.2, 0) is 19.6 Å². The lowest BCUT2D eigenvalue weighted by molar-refractivity contribution is 0.280. The van der Waals surface area contributed by atoms with Gasteiger partial charge in [-0.1, -0.05) is 36.4 Å². The molecule has 2 nitrogen and oxygen atoms in total. The molecule has 0 atom stereocenters. The summed E-state index contributed by atoms with van der Waals surface area (Å²) >= 11 is 0. The van der Waals surface area contributed by atoms with Crippen LogP contribution in [0.1, 0.15) is 22.3 Å². The Labute approximate surface area is 100 Å². The summed E-state index contributed by atoms with van der Waals surface area (Å²) in [5.41, 5.74) is 6.62. The first-order valence-electron chi connectivity index (χ1n) is 5.78. The minimum absolute atomic E-state index is 0.0440. The molecule has 0 spiro atoms. The molecule has 0 aromatic heterocycles. The lowest BCUT2D eigenvalue weighted by Gasteiger charge is -2.10. The van der Waals surface area contributed by atoms with E-state index in [0.29, 0.717) is 0 Å². The van der Waals surface area contributed by atoms with E-state index in [9.17, 15) is 10.2 Å². The fourth-order valence-corrected chi connectivity index (χ4v) is 2.71. The number of hydrogen-bond donors (Lipinski definition) is 2. The summed E-state index contributed by atoms with van der Waals surface area (Å²) in [6, 6.07) is 12.0. The van der Waals surface area contributed by atoms with Crippen molar-refractivity contribution in [3.05, 3.63) is 58.7 Å². The molecule has 0 heterocycles. The van der Waals surface area contributed by atoms with Crippen molar-refractivity contribution >= 4 is 0 Å². The molecule has 1 aliphatic carbocycles. The van der Waals surface area contributed by atoms with Gasteiger partial charge in [0.25, 0.3) is 0 Å². The molecule has 3 rings (SSSR count). The van der Waals surface area contributed by atoms with Crippen molar-refractivity contribution in [2.75, 3.05) is 0 Å². The summed E-state index contributed by atoms with van der Waals surface area (Å²) in [4.78, 5) is 0. The number of aliphatic hydroxyl groups excluding tert-OH is 2. The standard InChI is InChI=1S/C15H14O2/c16-8-12-5-1-3-10-7-11-4-2-6-13(9-17)15(11)14(10)12/h1-6,16-17H,7-9H2. The molecule has 1 aliphatic rings. The van der Waals surface area contributed by atoms with Crippen molar-refractivity contribution in [2.24, 2.45) is 0 Å². The van der Waals surface area contributed by atoms with Crippen LogP contribution in [-0.4, -0.2) is 10.2 Å². The molecule has 2 N–H and O–H groups in total. The van der Waals surface area contributed by atoms with Gasteiger partial charge in [0.1, 0.15) is 0 Å². The second-order valence-electron chi connectivity index (χ2n) is 4.40. The number of fused-ring (bicyclic) bond motifs is 3. The van der Waals surface area contributed by atoms with Gasteiger partial charge in [-0.2, -0.15) is 0 Å². The Hall–Kier alpha value is -1.64. The van der Waals surface area contributed by atoms with Crippen LogP contribution >= 0.6 is 0 Å². The van der Waals surface area contributed by atoms with Gasteiger partial charge in [0.15, 0.2) is 0 Å². The van der Waals surface area contributed by atoms with E-state index in [1.807, 2.05) is 24.3 Å². The molecule has 17 heavy (non-hydrogen) atoms. The van der Waals surface area contributed by atoms with E-state index in [1.54, 1.807) is 0 Å². The molecule has 86 valence electrons. The maximum Gasteiger partial charge on any atom is 0.0687 e. The van der Waals surface area contributed by atoms with Crippen LogP contribution in [0.3, 0.4) is 0 Å². The largest absolute Gasteiger partial charge is 0.392 e. The number of aliphatic hydroxyl groups is 2. The zero-order valence-corrected chi connectivity index (χ0v) is 9.48. The van der Waals surface area contributed by atoms with Gasteiger partial charge in [-0.05, 0) is 39.8 Å². The van der Waals surface area contributed by atoms with Crippen molar-refractivity contribution in [3.8, 4) is 11.1 Å². The zero-order chi connectivity index (χ0) is 11.8. The van der Waals surface area contributed by atoms with Gasteiger partial charge in [-0.15, -0.1) is 0 Å².